The Balaban J connectivity index is 2.86. The highest BCUT2D eigenvalue weighted by molar-refractivity contribution is 5.96. The molecule has 0 fully saturated rings. The van der Waals surface area contributed by atoms with Crippen molar-refractivity contribution in [2.24, 2.45) is 7.05 Å². The maximum atomic E-state index is 11.8. The molecule has 0 aliphatic carbocycles. The van der Waals surface area contributed by atoms with Crippen molar-refractivity contribution in [2.45, 2.75) is 25.8 Å². The Morgan fingerprint density at radius 3 is 2.62 bits per heavy atom. The first-order valence-corrected chi connectivity index (χ1v) is 4.94. The van der Waals surface area contributed by atoms with Crippen molar-refractivity contribution in [3.63, 3.8) is 0 Å². The number of nitrogens with zero attached hydrogens (tertiary/aromatic N) is 2. The molecule has 88 valence electrons. The summed E-state index contributed by atoms with van der Waals surface area (Å²) in [6, 6.07) is 1.53. The molecule has 0 spiro atoms. The Bertz CT molecular complexity index is 413. The van der Waals surface area contributed by atoms with Gasteiger partial charge in [-0.2, -0.15) is 5.10 Å². The molecule has 1 aromatic rings. The van der Waals surface area contributed by atoms with Gasteiger partial charge in [-0.3, -0.25) is 9.48 Å². The number of rotatable bonds is 4. The number of carboxylic acid groups (broad SMARTS) is 1. The van der Waals surface area contributed by atoms with E-state index in [1.54, 1.807) is 14.0 Å². The van der Waals surface area contributed by atoms with Crippen LogP contribution in [-0.2, 0) is 11.8 Å². The Morgan fingerprint density at radius 1 is 1.62 bits per heavy atom. The van der Waals surface area contributed by atoms with Gasteiger partial charge in [0.2, 0.25) is 0 Å². The summed E-state index contributed by atoms with van der Waals surface area (Å²) in [4.78, 5) is 22.8. The summed E-state index contributed by atoms with van der Waals surface area (Å²) >= 11 is 0. The van der Waals surface area contributed by atoms with Crippen molar-refractivity contribution in [2.75, 3.05) is 0 Å². The molecule has 0 saturated heterocycles. The maximum Gasteiger partial charge on any atom is 0.329 e. The van der Waals surface area contributed by atoms with Crippen LogP contribution < -0.4 is 5.32 Å². The van der Waals surface area contributed by atoms with Gasteiger partial charge in [0, 0.05) is 13.2 Å². The van der Waals surface area contributed by atoms with Gasteiger partial charge in [-0.25, -0.2) is 4.79 Å². The lowest BCUT2D eigenvalue weighted by Gasteiger charge is -2.24. The molecule has 0 radical (unpaired) electrons. The largest absolute Gasteiger partial charge is 0.480 e. The normalized spacial score (nSPS) is 14.2. The first-order chi connectivity index (χ1) is 7.40. The summed E-state index contributed by atoms with van der Waals surface area (Å²) in [5.74, 6) is -1.49. The smallest absolute Gasteiger partial charge is 0.329 e. The van der Waals surface area contributed by atoms with E-state index < -0.39 is 17.4 Å². The zero-order chi connectivity index (χ0) is 12.3. The van der Waals surface area contributed by atoms with E-state index in [2.05, 4.69) is 10.4 Å². The van der Waals surface area contributed by atoms with Gasteiger partial charge in [-0.05, 0) is 19.4 Å². The molecule has 2 N–H and O–H groups in total. The van der Waals surface area contributed by atoms with Gasteiger partial charge in [-0.1, -0.05) is 6.92 Å². The van der Waals surface area contributed by atoms with E-state index in [-0.39, 0.29) is 0 Å². The third kappa shape index (κ3) is 2.21. The average molecular weight is 225 g/mol. The molecular weight excluding hydrogens is 210 g/mol. The Labute approximate surface area is 93.3 Å². The SMILES string of the molecule is CCC(C)(NC(=O)c1ccnn1C)C(=O)O. The molecule has 6 heteroatoms. The molecule has 1 amide bonds. The molecule has 0 aliphatic rings. The highest BCUT2D eigenvalue weighted by Crippen LogP contribution is 2.10. The van der Waals surface area contributed by atoms with Crippen molar-refractivity contribution in [1.82, 2.24) is 15.1 Å². The van der Waals surface area contributed by atoms with Crippen LogP contribution in [0.4, 0.5) is 0 Å². The molecule has 1 aromatic heterocycles. The second-order valence-corrected chi connectivity index (χ2v) is 3.78. The van der Waals surface area contributed by atoms with Gasteiger partial charge in [0.25, 0.3) is 5.91 Å². The molecule has 0 aromatic carbocycles. The molecule has 0 saturated carbocycles. The van der Waals surface area contributed by atoms with Crippen molar-refractivity contribution < 1.29 is 14.7 Å². The van der Waals surface area contributed by atoms with Crippen LogP contribution in [0.3, 0.4) is 0 Å². The zero-order valence-corrected chi connectivity index (χ0v) is 9.52. The van der Waals surface area contributed by atoms with E-state index in [0.29, 0.717) is 12.1 Å². The summed E-state index contributed by atoms with van der Waals surface area (Å²) in [6.45, 7) is 3.18. The number of hydrogen-bond acceptors (Lipinski definition) is 3. The molecule has 1 heterocycles. The van der Waals surface area contributed by atoms with Crippen LogP contribution in [0.5, 0.6) is 0 Å². The average Bonchev–Trinajstić information content (AvgIpc) is 2.64. The van der Waals surface area contributed by atoms with E-state index in [1.807, 2.05) is 0 Å². The molecule has 1 rings (SSSR count). The molecule has 1 unspecified atom stereocenters. The molecule has 0 bridgehead atoms. The third-order valence-electron chi connectivity index (χ3n) is 2.62. The van der Waals surface area contributed by atoms with Gasteiger partial charge in [0.15, 0.2) is 0 Å². The summed E-state index contributed by atoms with van der Waals surface area (Å²) < 4.78 is 1.40. The van der Waals surface area contributed by atoms with Gasteiger partial charge < -0.3 is 10.4 Å². The van der Waals surface area contributed by atoms with Gasteiger partial charge in [0.1, 0.15) is 11.2 Å². The number of aromatic nitrogens is 2. The van der Waals surface area contributed by atoms with E-state index in [4.69, 9.17) is 5.11 Å². The van der Waals surface area contributed by atoms with Crippen LogP contribution in [-0.4, -0.2) is 32.3 Å². The van der Waals surface area contributed by atoms with E-state index >= 15 is 0 Å². The highest BCUT2D eigenvalue weighted by atomic mass is 16.4. The number of carboxylic acids is 1. The zero-order valence-electron chi connectivity index (χ0n) is 9.52. The summed E-state index contributed by atoms with van der Waals surface area (Å²) in [7, 11) is 1.62. The van der Waals surface area contributed by atoms with E-state index in [9.17, 15) is 9.59 Å². The van der Waals surface area contributed by atoms with Crippen LogP contribution in [0.1, 0.15) is 30.8 Å². The van der Waals surface area contributed by atoms with Crippen LogP contribution >= 0.6 is 0 Å². The van der Waals surface area contributed by atoms with E-state index in [0.717, 1.165) is 0 Å². The minimum Gasteiger partial charge on any atom is -0.480 e. The summed E-state index contributed by atoms with van der Waals surface area (Å²) in [5.41, 5.74) is -0.914. The van der Waals surface area contributed by atoms with Crippen molar-refractivity contribution in [3.05, 3.63) is 18.0 Å². The summed E-state index contributed by atoms with van der Waals surface area (Å²) in [5, 5.41) is 15.3. The Kier molecular flexibility index (Phi) is 3.31. The predicted octanol–water partition coefficient (Wildman–Crippen LogP) is 0.403. The molecular formula is C10H15N3O3. The number of aryl methyl sites for hydroxylation is 1. The molecule has 1 atom stereocenters. The summed E-state index contributed by atoms with van der Waals surface area (Å²) in [6.07, 6.45) is 1.80. The molecule has 0 aliphatic heterocycles. The number of nitrogens with one attached hydrogen (secondary N) is 1. The Hall–Kier alpha value is -1.85. The van der Waals surface area contributed by atoms with Crippen LogP contribution in [0.15, 0.2) is 12.3 Å². The third-order valence-corrected chi connectivity index (χ3v) is 2.62. The fraction of sp³-hybridized carbons (Fsp3) is 0.500. The number of aliphatic carboxylic acids is 1. The Morgan fingerprint density at radius 2 is 2.25 bits per heavy atom. The lowest BCUT2D eigenvalue weighted by atomic mass is 9.99. The minimum absolute atomic E-state index is 0.311. The predicted molar refractivity (Wildman–Crippen MR) is 57.0 cm³/mol. The topological polar surface area (TPSA) is 84.2 Å². The second kappa shape index (κ2) is 4.34. The maximum absolute atomic E-state index is 11.8. The lowest BCUT2D eigenvalue weighted by Crippen LogP contribution is -2.52. The van der Waals surface area contributed by atoms with Crippen LogP contribution in [0.2, 0.25) is 0 Å². The lowest BCUT2D eigenvalue weighted by molar-refractivity contribution is -0.143. The van der Waals surface area contributed by atoms with Gasteiger partial charge in [-0.15, -0.1) is 0 Å². The van der Waals surface area contributed by atoms with Gasteiger partial charge >= 0.3 is 5.97 Å². The number of carbonyl (C=O) groups is 2. The first kappa shape index (κ1) is 12.2. The van der Waals surface area contributed by atoms with Crippen molar-refractivity contribution in [3.8, 4) is 0 Å². The molecule has 6 nitrogen and oxygen atoms in total. The number of hydrogen-bond donors (Lipinski definition) is 2. The monoisotopic (exact) mass is 225 g/mol. The van der Waals surface area contributed by atoms with E-state index in [1.165, 1.54) is 23.9 Å². The fourth-order valence-electron chi connectivity index (χ4n) is 1.20. The minimum atomic E-state index is -1.25. The highest BCUT2D eigenvalue weighted by Gasteiger charge is 2.33. The van der Waals surface area contributed by atoms with Crippen molar-refractivity contribution >= 4 is 11.9 Å². The number of amides is 1. The van der Waals surface area contributed by atoms with Crippen LogP contribution in [0.25, 0.3) is 0 Å². The first-order valence-electron chi connectivity index (χ1n) is 4.94. The fourth-order valence-corrected chi connectivity index (χ4v) is 1.20. The van der Waals surface area contributed by atoms with Gasteiger partial charge in [0.05, 0.1) is 0 Å². The number of carbonyl (C=O) groups excluding carboxylic acids is 1. The van der Waals surface area contributed by atoms with Crippen molar-refractivity contribution in [1.29, 1.82) is 0 Å². The van der Waals surface area contributed by atoms with Crippen LogP contribution in [0, 0.1) is 0 Å². The molecule has 16 heavy (non-hydrogen) atoms. The second-order valence-electron chi connectivity index (χ2n) is 3.78. The standard InChI is InChI=1S/C10H15N3O3/c1-4-10(2,9(15)16)12-8(14)7-5-6-11-13(7)3/h5-6H,4H2,1-3H3,(H,12,14)(H,15,16). The quantitative estimate of drug-likeness (QED) is 0.777.